The van der Waals surface area contributed by atoms with Gasteiger partial charge in [-0.2, -0.15) is 4.37 Å². The first kappa shape index (κ1) is 16.4. The fourth-order valence-corrected chi connectivity index (χ4v) is 3.33. The first-order valence-corrected chi connectivity index (χ1v) is 8.99. The number of hydrogen-bond donors (Lipinski definition) is 2. The Hall–Kier alpha value is -2.45. The molecule has 0 saturated carbocycles. The highest BCUT2D eigenvalue weighted by atomic mass is 32.1. The molecule has 2 heterocycles. The van der Waals surface area contributed by atoms with Crippen LogP contribution in [0.25, 0.3) is 0 Å². The number of nitrogens with zero attached hydrogens (tertiary/aromatic N) is 2. The molecule has 2 aromatic heterocycles. The van der Waals surface area contributed by atoms with Gasteiger partial charge in [0.15, 0.2) is 5.13 Å². The van der Waals surface area contributed by atoms with Crippen molar-refractivity contribution < 1.29 is 9.53 Å². The lowest BCUT2D eigenvalue weighted by Gasteiger charge is -2.05. The van der Waals surface area contributed by atoms with E-state index in [4.69, 9.17) is 4.74 Å². The smallest absolute Gasteiger partial charge is 0.275 e. The van der Waals surface area contributed by atoms with Crippen LogP contribution in [0, 0.1) is 6.92 Å². The number of hydrogen-bond acceptors (Lipinski definition) is 7. The quantitative estimate of drug-likeness (QED) is 0.685. The minimum Gasteiger partial charge on any atom is -0.494 e. The van der Waals surface area contributed by atoms with E-state index in [0.29, 0.717) is 22.4 Å². The van der Waals surface area contributed by atoms with Crippen LogP contribution in [0.1, 0.15) is 23.1 Å². The Morgan fingerprint density at radius 3 is 2.75 bits per heavy atom. The second kappa shape index (κ2) is 7.41. The third-order valence-electron chi connectivity index (χ3n) is 3.02. The topological polar surface area (TPSA) is 76.1 Å². The Balaban J connectivity index is 1.63. The standard InChI is InChI=1S/C16H16N4O2S2/c1-3-22-12-6-4-11(5-7-12)17-16-18-13(9-23-16)15(21)19-14-8-10(2)20-24-14/h4-9H,3H2,1-2H3,(H,17,18)(H,19,21). The number of ether oxygens (including phenoxy) is 1. The van der Waals surface area contributed by atoms with E-state index in [2.05, 4.69) is 20.0 Å². The second-order valence-corrected chi connectivity index (χ2v) is 6.57. The first-order valence-electron chi connectivity index (χ1n) is 7.34. The van der Waals surface area contributed by atoms with Crippen molar-refractivity contribution in [3.63, 3.8) is 0 Å². The van der Waals surface area contributed by atoms with Crippen LogP contribution in [0.3, 0.4) is 0 Å². The normalized spacial score (nSPS) is 10.4. The van der Waals surface area contributed by atoms with E-state index in [-0.39, 0.29) is 5.91 Å². The lowest BCUT2D eigenvalue weighted by molar-refractivity contribution is 0.102. The van der Waals surface area contributed by atoms with Gasteiger partial charge >= 0.3 is 0 Å². The number of thiazole rings is 1. The summed E-state index contributed by atoms with van der Waals surface area (Å²) in [7, 11) is 0. The summed E-state index contributed by atoms with van der Waals surface area (Å²) in [5, 5.41) is 9.07. The summed E-state index contributed by atoms with van der Waals surface area (Å²) in [6.45, 7) is 4.47. The molecule has 0 atom stereocenters. The van der Waals surface area contributed by atoms with Crippen LogP contribution in [0.5, 0.6) is 5.75 Å². The molecule has 24 heavy (non-hydrogen) atoms. The maximum absolute atomic E-state index is 12.2. The van der Waals surface area contributed by atoms with Gasteiger partial charge in [-0.15, -0.1) is 11.3 Å². The molecule has 0 aliphatic carbocycles. The molecule has 124 valence electrons. The zero-order valence-corrected chi connectivity index (χ0v) is 14.8. The van der Waals surface area contributed by atoms with E-state index < -0.39 is 0 Å². The van der Waals surface area contributed by atoms with Gasteiger partial charge in [-0.25, -0.2) is 4.98 Å². The molecule has 0 radical (unpaired) electrons. The lowest BCUT2D eigenvalue weighted by atomic mass is 10.3. The molecule has 0 fully saturated rings. The van der Waals surface area contributed by atoms with Crippen molar-refractivity contribution in [3.05, 3.63) is 47.1 Å². The van der Waals surface area contributed by atoms with Gasteiger partial charge in [0, 0.05) is 11.1 Å². The van der Waals surface area contributed by atoms with Crippen LogP contribution in [0.4, 0.5) is 15.8 Å². The Morgan fingerprint density at radius 1 is 1.29 bits per heavy atom. The van der Waals surface area contributed by atoms with Gasteiger partial charge in [-0.1, -0.05) is 0 Å². The van der Waals surface area contributed by atoms with E-state index in [0.717, 1.165) is 17.1 Å². The summed E-state index contributed by atoms with van der Waals surface area (Å²) in [5.41, 5.74) is 2.14. The number of aryl methyl sites for hydroxylation is 1. The molecule has 0 aliphatic rings. The predicted octanol–water partition coefficient (Wildman–Crippen LogP) is 4.30. The third kappa shape index (κ3) is 4.09. The van der Waals surface area contributed by atoms with Crippen molar-refractivity contribution in [3.8, 4) is 5.75 Å². The average Bonchev–Trinajstić information content (AvgIpc) is 3.19. The molecule has 0 unspecified atom stereocenters. The summed E-state index contributed by atoms with van der Waals surface area (Å²) < 4.78 is 9.54. The monoisotopic (exact) mass is 360 g/mol. The molecule has 2 N–H and O–H groups in total. The number of nitrogens with one attached hydrogen (secondary N) is 2. The Labute approximate surface area is 147 Å². The second-order valence-electron chi connectivity index (χ2n) is 4.91. The van der Waals surface area contributed by atoms with Crippen LogP contribution in [-0.4, -0.2) is 21.9 Å². The van der Waals surface area contributed by atoms with Crippen molar-refractivity contribution in [2.45, 2.75) is 13.8 Å². The fraction of sp³-hybridized carbons (Fsp3) is 0.188. The van der Waals surface area contributed by atoms with Crippen LogP contribution < -0.4 is 15.4 Å². The van der Waals surface area contributed by atoms with Crippen LogP contribution >= 0.6 is 22.9 Å². The molecular weight excluding hydrogens is 344 g/mol. The van der Waals surface area contributed by atoms with Crippen molar-refractivity contribution >= 4 is 44.6 Å². The van der Waals surface area contributed by atoms with Gasteiger partial charge in [0.25, 0.3) is 5.91 Å². The van der Waals surface area contributed by atoms with E-state index in [1.165, 1.54) is 22.9 Å². The largest absolute Gasteiger partial charge is 0.494 e. The van der Waals surface area contributed by atoms with Gasteiger partial charge < -0.3 is 15.4 Å². The minimum absolute atomic E-state index is 0.241. The summed E-state index contributed by atoms with van der Waals surface area (Å²) in [5.74, 6) is 0.580. The number of rotatable bonds is 6. The summed E-state index contributed by atoms with van der Waals surface area (Å²) >= 11 is 2.63. The summed E-state index contributed by atoms with van der Waals surface area (Å²) in [6.07, 6.45) is 0. The number of amides is 1. The Bertz CT molecular complexity index is 827. The molecule has 1 aromatic carbocycles. The van der Waals surface area contributed by atoms with E-state index in [1.807, 2.05) is 44.2 Å². The summed E-state index contributed by atoms with van der Waals surface area (Å²) in [6, 6.07) is 9.42. The van der Waals surface area contributed by atoms with Gasteiger partial charge in [0.05, 0.1) is 12.3 Å². The molecule has 3 rings (SSSR count). The Kier molecular flexibility index (Phi) is 5.07. The number of benzene rings is 1. The maximum atomic E-state index is 12.2. The van der Waals surface area contributed by atoms with Gasteiger partial charge in [-0.3, -0.25) is 4.79 Å². The minimum atomic E-state index is -0.241. The molecule has 6 nitrogen and oxygen atoms in total. The molecule has 0 bridgehead atoms. The summed E-state index contributed by atoms with van der Waals surface area (Å²) in [4.78, 5) is 16.5. The van der Waals surface area contributed by atoms with Crippen LogP contribution in [0.15, 0.2) is 35.7 Å². The average molecular weight is 360 g/mol. The van der Waals surface area contributed by atoms with Gasteiger partial charge in [0.2, 0.25) is 0 Å². The zero-order valence-electron chi connectivity index (χ0n) is 13.2. The fourth-order valence-electron chi connectivity index (χ4n) is 1.96. The maximum Gasteiger partial charge on any atom is 0.275 e. The van der Waals surface area contributed by atoms with E-state index in [9.17, 15) is 4.79 Å². The molecular formula is C16H16N4O2S2. The van der Waals surface area contributed by atoms with Crippen LogP contribution in [0.2, 0.25) is 0 Å². The highest BCUT2D eigenvalue weighted by molar-refractivity contribution is 7.14. The zero-order chi connectivity index (χ0) is 16.9. The number of carbonyl (C=O) groups is 1. The highest BCUT2D eigenvalue weighted by Gasteiger charge is 2.12. The SMILES string of the molecule is CCOc1ccc(Nc2nc(C(=O)Nc3cc(C)ns3)cs2)cc1. The predicted molar refractivity (Wildman–Crippen MR) is 97.8 cm³/mol. The molecule has 1 amide bonds. The number of carbonyl (C=O) groups excluding carboxylic acids is 1. The number of aromatic nitrogens is 2. The van der Waals surface area contributed by atoms with Crippen molar-refractivity contribution in [2.75, 3.05) is 17.2 Å². The molecule has 8 heteroatoms. The molecule has 3 aromatic rings. The lowest BCUT2D eigenvalue weighted by Crippen LogP contribution is -2.11. The Morgan fingerprint density at radius 2 is 2.08 bits per heavy atom. The third-order valence-corrected chi connectivity index (χ3v) is 4.57. The number of anilines is 3. The molecule has 0 spiro atoms. The van der Waals surface area contributed by atoms with Gasteiger partial charge in [-0.05, 0) is 55.7 Å². The highest BCUT2D eigenvalue weighted by Crippen LogP contribution is 2.24. The first-order chi connectivity index (χ1) is 11.6. The van der Waals surface area contributed by atoms with E-state index >= 15 is 0 Å². The van der Waals surface area contributed by atoms with E-state index in [1.54, 1.807) is 5.38 Å². The molecule has 0 saturated heterocycles. The van der Waals surface area contributed by atoms with Crippen LogP contribution in [-0.2, 0) is 0 Å². The van der Waals surface area contributed by atoms with Gasteiger partial charge in [0.1, 0.15) is 16.4 Å². The van der Waals surface area contributed by atoms with Crippen molar-refractivity contribution in [2.24, 2.45) is 0 Å². The van der Waals surface area contributed by atoms with Crippen molar-refractivity contribution in [1.82, 2.24) is 9.36 Å². The molecule has 0 aliphatic heterocycles. The van der Waals surface area contributed by atoms with Crippen molar-refractivity contribution in [1.29, 1.82) is 0 Å².